The van der Waals surface area contributed by atoms with Gasteiger partial charge in [-0.3, -0.25) is 0 Å². The molecule has 0 aliphatic rings. The smallest absolute Gasteiger partial charge is 0.181 e. The van der Waals surface area contributed by atoms with Crippen molar-refractivity contribution >= 4 is 22.9 Å². The summed E-state index contributed by atoms with van der Waals surface area (Å²) in [5.74, 6) is 1.05. The van der Waals surface area contributed by atoms with Gasteiger partial charge in [-0.25, -0.2) is 15.0 Å². The summed E-state index contributed by atoms with van der Waals surface area (Å²) in [5.41, 5.74) is 1.68. The topological polar surface area (TPSA) is 66.5 Å². The van der Waals surface area contributed by atoms with Crippen molar-refractivity contribution in [3.63, 3.8) is 0 Å². The van der Waals surface area contributed by atoms with Crippen LogP contribution in [-0.2, 0) is 0 Å². The summed E-state index contributed by atoms with van der Waals surface area (Å²) in [6.45, 7) is 4.20. The molecular formula is C10H15N5S. The van der Waals surface area contributed by atoms with Crippen molar-refractivity contribution in [3.8, 4) is 0 Å². The molecule has 0 bridgehead atoms. The number of imidazole rings is 1. The highest BCUT2D eigenvalue weighted by molar-refractivity contribution is 7.99. The number of thioether (sulfide) groups is 1. The van der Waals surface area contributed by atoms with Crippen LogP contribution >= 0.6 is 11.8 Å². The van der Waals surface area contributed by atoms with Gasteiger partial charge in [-0.05, 0) is 19.5 Å². The first-order chi connectivity index (χ1) is 7.92. The number of nitrogens with zero attached hydrogens (tertiary/aromatic N) is 3. The largest absolute Gasteiger partial charge is 0.341 e. The molecule has 2 rings (SSSR count). The number of aromatic nitrogens is 4. The maximum Gasteiger partial charge on any atom is 0.181 e. The van der Waals surface area contributed by atoms with Crippen LogP contribution in [0.5, 0.6) is 0 Å². The molecule has 86 valence electrons. The van der Waals surface area contributed by atoms with Gasteiger partial charge in [0.1, 0.15) is 16.9 Å². The predicted molar refractivity (Wildman–Crippen MR) is 65.6 cm³/mol. The van der Waals surface area contributed by atoms with Crippen LogP contribution in [-0.4, -0.2) is 38.8 Å². The molecule has 0 amide bonds. The van der Waals surface area contributed by atoms with Gasteiger partial charge in [0.25, 0.3) is 0 Å². The Labute approximate surface area is 98.5 Å². The molecule has 0 saturated heterocycles. The second-order valence-corrected chi connectivity index (χ2v) is 4.42. The first-order valence-electron chi connectivity index (χ1n) is 5.39. The van der Waals surface area contributed by atoms with Gasteiger partial charge in [-0.15, -0.1) is 11.8 Å². The third kappa shape index (κ3) is 2.70. The fourth-order valence-electron chi connectivity index (χ4n) is 1.40. The number of nitrogens with one attached hydrogen (secondary N) is 2. The van der Waals surface area contributed by atoms with Crippen LogP contribution in [0.3, 0.4) is 0 Å². The number of hydrogen-bond acceptors (Lipinski definition) is 5. The molecule has 5 nitrogen and oxygen atoms in total. The number of hydrogen-bond donors (Lipinski definition) is 2. The molecule has 0 unspecified atom stereocenters. The molecule has 0 aliphatic carbocycles. The average molecular weight is 237 g/mol. The highest BCUT2D eigenvalue weighted by atomic mass is 32.2. The maximum atomic E-state index is 4.26. The number of fused-ring (bicyclic) bond motifs is 1. The molecule has 16 heavy (non-hydrogen) atoms. The fourth-order valence-corrected chi connectivity index (χ4v) is 2.29. The van der Waals surface area contributed by atoms with E-state index < -0.39 is 0 Å². The quantitative estimate of drug-likeness (QED) is 0.452. The first-order valence-corrected chi connectivity index (χ1v) is 6.38. The molecule has 6 heteroatoms. The van der Waals surface area contributed by atoms with Crippen LogP contribution in [0, 0.1) is 0 Å². The highest BCUT2D eigenvalue weighted by Crippen LogP contribution is 2.21. The number of aromatic amines is 1. The molecule has 0 radical (unpaired) electrons. The van der Waals surface area contributed by atoms with E-state index in [2.05, 4.69) is 32.2 Å². The minimum atomic E-state index is 0.740. The summed E-state index contributed by atoms with van der Waals surface area (Å²) < 4.78 is 0. The lowest BCUT2D eigenvalue weighted by Gasteiger charge is -2.02. The zero-order chi connectivity index (χ0) is 11.2. The third-order valence-corrected chi connectivity index (χ3v) is 3.25. The third-order valence-electron chi connectivity index (χ3n) is 2.17. The van der Waals surface area contributed by atoms with Crippen molar-refractivity contribution in [2.75, 3.05) is 18.8 Å². The van der Waals surface area contributed by atoms with Gasteiger partial charge < -0.3 is 10.3 Å². The Bertz CT molecular complexity index is 441. The van der Waals surface area contributed by atoms with Crippen LogP contribution in [0.4, 0.5) is 0 Å². The summed E-state index contributed by atoms with van der Waals surface area (Å²) in [6, 6.07) is 0. The van der Waals surface area contributed by atoms with Gasteiger partial charge in [0.15, 0.2) is 5.65 Å². The van der Waals surface area contributed by atoms with E-state index in [1.54, 1.807) is 24.4 Å². The molecule has 0 atom stereocenters. The Hall–Kier alpha value is -1.14. The van der Waals surface area contributed by atoms with Crippen LogP contribution in [0.1, 0.15) is 13.3 Å². The molecule has 2 aromatic heterocycles. The van der Waals surface area contributed by atoms with Crippen molar-refractivity contribution < 1.29 is 0 Å². The predicted octanol–water partition coefficient (Wildman–Crippen LogP) is 1.44. The summed E-state index contributed by atoms with van der Waals surface area (Å²) in [6.07, 6.45) is 4.36. The Morgan fingerprint density at radius 1 is 1.38 bits per heavy atom. The lowest BCUT2D eigenvalue weighted by molar-refractivity contribution is 0.707. The van der Waals surface area contributed by atoms with E-state index in [1.807, 2.05) is 0 Å². The monoisotopic (exact) mass is 237 g/mol. The van der Waals surface area contributed by atoms with Crippen molar-refractivity contribution in [3.05, 3.63) is 12.7 Å². The van der Waals surface area contributed by atoms with Crippen molar-refractivity contribution in [2.45, 2.75) is 18.4 Å². The number of H-pyrrole nitrogens is 1. The molecule has 2 N–H and O–H groups in total. The van der Waals surface area contributed by atoms with E-state index in [-0.39, 0.29) is 0 Å². The van der Waals surface area contributed by atoms with Gasteiger partial charge in [-0.2, -0.15) is 0 Å². The van der Waals surface area contributed by atoms with Crippen LogP contribution in [0.15, 0.2) is 17.7 Å². The fraction of sp³-hybridized carbons (Fsp3) is 0.500. The molecule has 0 saturated carbocycles. The van der Waals surface area contributed by atoms with Crippen molar-refractivity contribution in [1.82, 2.24) is 25.3 Å². The Morgan fingerprint density at radius 2 is 2.31 bits per heavy atom. The number of rotatable bonds is 6. The SMILES string of the molecule is CCNCCCSc1ncnc2nc[nH]c12. The normalized spacial score (nSPS) is 11.1. The molecule has 2 aromatic rings. The summed E-state index contributed by atoms with van der Waals surface area (Å²) in [4.78, 5) is 15.5. The molecule has 0 aliphatic heterocycles. The maximum absolute atomic E-state index is 4.26. The van der Waals surface area contributed by atoms with Gasteiger partial charge >= 0.3 is 0 Å². The Kier molecular flexibility index (Phi) is 4.12. The zero-order valence-corrected chi connectivity index (χ0v) is 10.0. The Morgan fingerprint density at radius 3 is 3.19 bits per heavy atom. The zero-order valence-electron chi connectivity index (χ0n) is 9.23. The van der Waals surface area contributed by atoms with Gasteiger partial charge in [0.05, 0.1) is 6.33 Å². The van der Waals surface area contributed by atoms with Crippen LogP contribution < -0.4 is 5.32 Å². The van der Waals surface area contributed by atoms with E-state index in [1.165, 1.54) is 0 Å². The Balaban J connectivity index is 1.91. The summed E-state index contributed by atoms with van der Waals surface area (Å²) >= 11 is 1.74. The second-order valence-electron chi connectivity index (χ2n) is 3.34. The summed E-state index contributed by atoms with van der Waals surface area (Å²) in [7, 11) is 0. The van der Waals surface area contributed by atoms with E-state index in [0.717, 1.165) is 41.5 Å². The van der Waals surface area contributed by atoms with Crippen molar-refractivity contribution in [1.29, 1.82) is 0 Å². The van der Waals surface area contributed by atoms with Crippen LogP contribution in [0.2, 0.25) is 0 Å². The second kappa shape index (κ2) is 5.81. The molecule has 0 spiro atoms. The van der Waals surface area contributed by atoms with E-state index in [9.17, 15) is 0 Å². The minimum absolute atomic E-state index is 0.740. The summed E-state index contributed by atoms with van der Waals surface area (Å²) in [5, 5.41) is 4.29. The molecule has 0 aromatic carbocycles. The molecule has 0 fully saturated rings. The lowest BCUT2D eigenvalue weighted by Crippen LogP contribution is -2.14. The van der Waals surface area contributed by atoms with E-state index in [4.69, 9.17) is 0 Å². The van der Waals surface area contributed by atoms with E-state index >= 15 is 0 Å². The average Bonchev–Trinajstić information content (AvgIpc) is 2.77. The first kappa shape index (κ1) is 11.3. The van der Waals surface area contributed by atoms with Crippen molar-refractivity contribution in [2.24, 2.45) is 0 Å². The molecular weight excluding hydrogens is 222 g/mol. The van der Waals surface area contributed by atoms with Gasteiger partial charge in [-0.1, -0.05) is 6.92 Å². The standard InChI is InChI=1S/C10H15N5S/c1-2-11-4-3-5-16-10-8-9(13-6-12-8)14-7-15-10/h6-7,11H,2-5H2,1H3,(H,12,13,14,15). The van der Waals surface area contributed by atoms with Gasteiger partial charge in [0, 0.05) is 5.75 Å². The lowest BCUT2D eigenvalue weighted by atomic mass is 10.5. The minimum Gasteiger partial charge on any atom is -0.341 e. The van der Waals surface area contributed by atoms with Gasteiger partial charge in [0.2, 0.25) is 0 Å². The van der Waals surface area contributed by atoms with Crippen LogP contribution in [0.25, 0.3) is 11.2 Å². The molecule has 2 heterocycles. The highest BCUT2D eigenvalue weighted by Gasteiger charge is 2.05. The van der Waals surface area contributed by atoms with E-state index in [0.29, 0.717) is 0 Å².